The standard InChI is InChI=1S/C9H13N3O2/c1-7-9(11-14-10-7)6-12-4-2-3-8(13)5-12/h2-6H2,1H3. The third-order valence-corrected chi connectivity index (χ3v) is 2.45. The molecule has 0 N–H and O–H groups in total. The average Bonchev–Trinajstić information content (AvgIpc) is 2.52. The first kappa shape index (κ1) is 9.33. The first-order valence-corrected chi connectivity index (χ1v) is 4.78. The van der Waals surface area contributed by atoms with E-state index in [2.05, 4.69) is 19.8 Å². The first-order valence-electron chi connectivity index (χ1n) is 4.78. The molecule has 0 spiro atoms. The summed E-state index contributed by atoms with van der Waals surface area (Å²) in [5.74, 6) is 0.311. The predicted octanol–water partition coefficient (Wildman–Crippen LogP) is 0.543. The molecule has 0 atom stereocenters. The van der Waals surface area contributed by atoms with Crippen LogP contribution in [0.3, 0.4) is 0 Å². The quantitative estimate of drug-likeness (QED) is 0.689. The topological polar surface area (TPSA) is 59.2 Å². The summed E-state index contributed by atoms with van der Waals surface area (Å²) in [5.41, 5.74) is 1.64. The zero-order valence-corrected chi connectivity index (χ0v) is 8.19. The molecule has 0 radical (unpaired) electrons. The molecule has 1 aromatic rings. The fourth-order valence-electron chi connectivity index (χ4n) is 1.65. The average molecular weight is 195 g/mol. The van der Waals surface area contributed by atoms with Crippen molar-refractivity contribution < 1.29 is 9.42 Å². The summed E-state index contributed by atoms with van der Waals surface area (Å²) in [4.78, 5) is 13.3. The van der Waals surface area contributed by atoms with E-state index in [1.807, 2.05) is 6.92 Å². The Morgan fingerprint density at radius 1 is 1.50 bits per heavy atom. The molecule has 1 aliphatic rings. The number of piperidine rings is 1. The molecule has 1 fully saturated rings. The van der Waals surface area contributed by atoms with Crippen molar-refractivity contribution in [2.24, 2.45) is 0 Å². The van der Waals surface area contributed by atoms with Crippen molar-refractivity contribution in [1.82, 2.24) is 15.2 Å². The van der Waals surface area contributed by atoms with Crippen LogP contribution in [0.2, 0.25) is 0 Å². The Labute approximate surface area is 82.0 Å². The lowest BCUT2D eigenvalue weighted by Crippen LogP contribution is -2.35. The van der Waals surface area contributed by atoms with Crippen LogP contribution in [0.4, 0.5) is 0 Å². The highest BCUT2D eigenvalue weighted by atomic mass is 16.6. The van der Waals surface area contributed by atoms with Crippen molar-refractivity contribution in [3.63, 3.8) is 0 Å². The fourth-order valence-corrected chi connectivity index (χ4v) is 1.65. The molecule has 0 unspecified atom stereocenters. The molecule has 5 nitrogen and oxygen atoms in total. The second kappa shape index (κ2) is 3.88. The Morgan fingerprint density at radius 2 is 2.36 bits per heavy atom. The summed E-state index contributed by atoms with van der Waals surface area (Å²) < 4.78 is 4.60. The minimum Gasteiger partial charge on any atom is -0.298 e. The van der Waals surface area contributed by atoms with Crippen LogP contribution >= 0.6 is 0 Å². The van der Waals surface area contributed by atoms with Crippen molar-refractivity contribution in [3.8, 4) is 0 Å². The lowest BCUT2D eigenvalue weighted by molar-refractivity contribution is -0.122. The van der Waals surface area contributed by atoms with E-state index in [1.165, 1.54) is 0 Å². The van der Waals surface area contributed by atoms with Crippen molar-refractivity contribution in [3.05, 3.63) is 11.4 Å². The van der Waals surface area contributed by atoms with Crippen LogP contribution in [-0.4, -0.2) is 34.1 Å². The maximum absolute atomic E-state index is 11.2. The summed E-state index contributed by atoms with van der Waals surface area (Å²) in [5, 5.41) is 7.50. The SMILES string of the molecule is Cc1nonc1CN1CCCC(=O)C1. The van der Waals surface area contributed by atoms with E-state index in [-0.39, 0.29) is 0 Å². The van der Waals surface area contributed by atoms with Crippen LogP contribution in [0.15, 0.2) is 4.63 Å². The Balaban J connectivity index is 1.97. The van der Waals surface area contributed by atoms with Gasteiger partial charge in [0.1, 0.15) is 17.2 Å². The van der Waals surface area contributed by atoms with E-state index in [1.54, 1.807) is 0 Å². The van der Waals surface area contributed by atoms with Gasteiger partial charge < -0.3 is 0 Å². The zero-order chi connectivity index (χ0) is 9.97. The summed E-state index contributed by atoms with van der Waals surface area (Å²) in [7, 11) is 0. The molecule has 1 saturated heterocycles. The molecule has 14 heavy (non-hydrogen) atoms. The third kappa shape index (κ3) is 1.98. The van der Waals surface area contributed by atoms with Gasteiger partial charge >= 0.3 is 0 Å². The second-order valence-electron chi connectivity index (χ2n) is 3.65. The summed E-state index contributed by atoms with van der Waals surface area (Å²) in [6, 6.07) is 0. The molecule has 1 aliphatic heterocycles. The van der Waals surface area contributed by atoms with Gasteiger partial charge in [-0.05, 0) is 19.9 Å². The highest BCUT2D eigenvalue weighted by Crippen LogP contribution is 2.11. The Kier molecular flexibility index (Phi) is 2.58. The van der Waals surface area contributed by atoms with Gasteiger partial charge in [0.15, 0.2) is 0 Å². The minimum absolute atomic E-state index is 0.311. The fraction of sp³-hybridized carbons (Fsp3) is 0.667. The van der Waals surface area contributed by atoms with Gasteiger partial charge in [-0.1, -0.05) is 10.3 Å². The van der Waals surface area contributed by atoms with E-state index < -0.39 is 0 Å². The molecule has 0 saturated carbocycles. The van der Waals surface area contributed by atoms with Gasteiger partial charge in [0.05, 0.1) is 6.54 Å². The van der Waals surface area contributed by atoms with Crippen molar-refractivity contribution in [2.45, 2.75) is 26.3 Å². The number of nitrogens with zero attached hydrogens (tertiary/aromatic N) is 3. The van der Waals surface area contributed by atoms with Crippen molar-refractivity contribution in [1.29, 1.82) is 0 Å². The van der Waals surface area contributed by atoms with Crippen molar-refractivity contribution >= 4 is 5.78 Å². The van der Waals surface area contributed by atoms with Crippen LogP contribution in [-0.2, 0) is 11.3 Å². The number of hydrogen-bond donors (Lipinski definition) is 0. The molecular weight excluding hydrogens is 182 g/mol. The summed E-state index contributed by atoms with van der Waals surface area (Å²) >= 11 is 0. The zero-order valence-electron chi connectivity index (χ0n) is 8.19. The van der Waals surface area contributed by atoms with Crippen LogP contribution in [0.25, 0.3) is 0 Å². The molecule has 0 amide bonds. The lowest BCUT2D eigenvalue weighted by Gasteiger charge is -2.24. The third-order valence-electron chi connectivity index (χ3n) is 2.45. The van der Waals surface area contributed by atoms with Crippen LogP contribution < -0.4 is 0 Å². The molecule has 76 valence electrons. The van der Waals surface area contributed by atoms with Gasteiger partial charge in [-0.15, -0.1) is 0 Å². The molecule has 0 bridgehead atoms. The molecule has 2 heterocycles. The normalized spacial score (nSPS) is 18.8. The number of Topliss-reactive ketones (excluding diaryl/α,β-unsaturated/α-hetero) is 1. The van der Waals surface area contributed by atoms with E-state index in [0.717, 1.165) is 24.4 Å². The highest BCUT2D eigenvalue weighted by molar-refractivity contribution is 5.81. The molecule has 5 heteroatoms. The van der Waals surface area contributed by atoms with Gasteiger partial charge in [-0.25, -0.2) is 4.63 Å². The second-order valence-corrected chi connectivity index (χ2v) is 3.65. The van der Waals surface area contributed by atoms with E-state index in [4.69, 9.17) is 0 Å². The van der Waals surface area contributed by atoms with E-state index >= 15 is 0 Å². The molecule has 1 aromatic heterocycles. The van der Waals surface area contributed by atoms with Crippen LogP contribution in [0.5, 0.6) is 0 Å². The molecule has 0 aliphatic carbocycles. The van der Waals surface area contributed by atoms with Crippen LogP contribution in [0, 0.1) is 6.92 Å². The lowest BCUT2D eigenvalue weighted by atomic mass is 10.1. The number of aromatic nitrogens is 2. The van der Waals surface area contributed by atoms with Gasteiger partial charge in [0.2, 0.25) is 0 Å². The minimum atomic E-state index is 0.311. The number of ketones is 1. The maximum Gasteiger partial charge on any atom is 0.146 e. The summed E-state index contributed by atoms with van der Waals surface area (Å²) in [6.45, 7) is 4.02. The van der Waals surface area contributed by atoms with Crippen LogP contribution in [0.1, 0.15) is 24.2 Å². The van der Waals surface area contributed by atoms with Gasteiger partial charge in [-0.2, -0.15) is 0 Å². The maximum atomic E-state index is 11.2. The number of rotatable bonds is 2. The number of carbonyl (C=O) groups excluding carboxylic acids is 1. The van der Waals surface area contributed by atoms with Gasteiger partial charge in [-0.3, -0.25) is 9.69 Å². The molecule has 0 aromatic carbocycles. The largest absolute Gasteiger partial charge is 0.298 e. The first-order chi connectivity index (χ1) is 6.75. The number of carbonyl (C=O) groups is 1. The molecule has 2 rings (SSSR count). The van der Waals surface area contributed by atoms with Gasteiger partial charge in [0, 0.05) is 13.0 Å². The van der Waals surface area contributed by atoms with E-state index in [0.29, 0.717) is 25.3 Å². The predicted molar refractivity (Wildman–Crippen MR) is 48.6 cm³/mol. The monoisotopic (exact) mass is 195 g/mol. The Hall–Kier alpha value is -1.23. The smallest absolute Gasteiger partial charge is 0.146 e. The van der Waals surface area contributed by atoms with Gasteiger partial charge in [0.25, 0.3) is 0 Å². The summed E-state index contributed by atoms with van der Waals surface area (Å²) in [6.07, 6.45) is 1.66. The highest BCUT2D eigenvalue weighted by Gasteiger charge is 2.18. The van der Waals surface area contributed by atoms with E-state index in [9.17, 15) is 4.79 Å². The molecular formula is C9H13N3O2. The number of aryl methyl sites for hydroxylation is 1. The van der Waals surface area contributed by atoms with Crippen molar-refractivity contribution in [2.75, 3.05) is 13.1 Å². The Bertz CT molecular complexity index is 335. The number of likely N-dealkylation sites (tertiary alicyclic amines) is 1. The Morgan fingerprint density at radius 3 is 3.00 bits per heavy atom. The number of hydrogen-bond acceptors (Lipinski definition) is 5.